The number of nitrogens with one attached hydrogen (secondary N) is 2. The second-order valence-corrected chi connectivity index (χ2v) is 7.82. The Hall–Kier alpha value is -0.830. The molecular formula is C19H35IN6. The third-order valence-corrected chi connectivity index (χ3v) is 6.02. The van der Waals surface area contributed by atoms with E-state index in [1.807, 2.05) is 13.1 Å². The molecule has 1 aromatic rings. The second kappa shape index (κ2) is 10.5. The molecule has 2 aliphatic rings. The first kappa shape index (κ1) is 21.5. The van der Waals surface area contributed by atoms with Crippen molar-refractivity contribution in [2.75, 3.05) is 33.2 Å². The molecule has 1 aliphatic heterocycles. The number of H-pyrrole nitrogens is 1. The molecule has 1 aliphatic carbocycles. The number of halogens is 1. The van der Waals surface area contributed by atoms with Crippen molar-refractivity contribution >= 4 is 29.9 Å². The molecule has 1 saturated carbocycles. The van der Waals surface area contributed by atoms with Crippen molar-refractivity contribution in [3.8, 4) is 0 Å². The van der Waals surface area contributed by atoms with Gasteiger partial charge >= 0.3 is 0 Å². The Kier molecular flexibility index (Phi) is 8.66. The zero-order chi connectivity index (χ0) is 17.6. The van der Waals surface area contributed by atoms with Gasteiger partial charge < -0.3 is 10.2 Å². The van der Waals surface area contributed by atoms with Crippen LogP contribution in [0.1, 0.15) is 45.2 Å². The van der Waals surface area contributed by atoms with Crippen molar-refractivity contribution in [2.45, 2.75) is 52.1 Å². The van der Waals surface area contributed by atoms with E-state index < -0.39 is 0 Å². The average Bonchev–Trinajstić information content (AvgIpc) is 3.16. The van der Waals surface area contributed by atoms with Gasteiger partial charge in [-0.15, -0.1) is 24.0 Å². The van der Waals surface area contributed by atoms with Crippen LogP contribution in [-0.4, -0.2) is 65.2 Å². The van der Waals surface area contributed by atoms with E-state index in [0.717, 1.165) is 62.3 Å². The van der Waals surface area contributed by atoms with Crippen molar-refractivity contribution in [3.05, 3.63) is 18.0 Å². The lowest BCUT2D eigenvalue weighted by Gasteiger charge is -2.43. The maximum Gasteiger partial charge on any atom is 0.194 e. The smallest absolute Gasteiger partial charge is 0.194 e. The molecule has 2 fully saturated rings. The van der Waals surface area contributed by atoms with Crippen molar-refractivity contribution in [3.63, 3.8) is 0 Å². The van der Waals surface area contributed by atoms with E-state index in [0.29, 0.717) is 0 Å². The maximum atomic E-state index is 4.46. The lowest BCUT2D eigenvalue weighted by atomic mass is 9.79. The summed E-state index contributed by atoms with van der Waals surface area (Å²) < 4.78 is 0. The Morgan fingerprint density at radius 2 is 1.92 bits per heavy atom. The minimum absolute atomic E-state index is 0. The van der Waals surface area contributed by atoms with Crippen LogP contribution < -0.4 is 5.32 Å². The number of aromatic nitrogens is 2. The van der Waals surface area contributed by atoms with Gasteiger partial charge in [-0.1, -0.05) is 13.8 Å². The monoisotopic (exact) mass is 474 g/mol. The molecule has 0 aromatic carbocycles. The molecule has 7 heteroatoms. The summed E-state index contributed by atoms with van der Waals surface area (Å²) in [6.07, 6.45) is 7.38. The Balaban J connectivity index is 0.00000243. The number of guanidine groups is 1. The highest BCUT2D eigenvalue weighted by Gasteiger charge is 2.29. The molecule has 148 valence electrons. The third-order valence-electron chi connectivity index (χ3n) is 6.02. The van der Waals surface area contributed by atoms with Crippen LogP contribution in [0.15, 0.2) is 17.3 Å². The van der Waals surface area contributed by atoms with E-state index >= 15 is 0 Å². The van der Waals surface area contributed by atoms with E-state index in [-0.39, 0.29) is 24.0 Å². The number of hydrogen-bond acceptors (Lipinski definition) is 3. The Bertz CT molecular complexity index is 528. The minimum Gasteiger partial charge on any atom is -0.351 e. The van der Waals surface area contributed by atoms with Crippen molar-refractivity contribution in [2.24, 2.45) is 16.8 Å². The molecule has 1 aromatic heterocycles. The molecule has 0 spiro atoms. The van der Waals surface area contributed by atoms with Crippen LogP contribution in [0, 0.1) is 11.8 Å². The second-order valence-electron chi connectivity index (χ2n) is 7.82. The Morgan fingerprint density at radius 3 is 2.46 bits per heavy atom. The molecule has 2 heterocycles. The van der Waals surface area contributed by atoms with Gasteiger partial charge in [0, 0.05) is 45.5 Å². The summed E-state index contributed by atoms with van der Waals surface area (Å²) in [6, 6.07) is 2.79. The lowest BCUT2D eigenvalue weighted by Crippen LogP contribution is -2.55. The average molecular weight is 474 g/mol. The summed E-state index contributed by atoms with van der Waals surface area (Å²) in [5.41, 5.74) is 1.08. The van der Waals surface area contributed by atoms with E-state index in [2.05, 4.69) is 44.2 Å². The van der Waals surface area contributed by atoms with E-state index in [4.69, 9.17) is 0 Å². The molecule has 0 radical (unpaired) electrons. The van der Waals surface area contributed by atoms with Gasteiger partial charge in [0.1, 0.15) is 0 Å². The number of rotatable bonds is 4. The topological polar surface area (TPSA) is 59.6 Å². The largest absolute Gasteiger partial charge is 0.351 e. The minimum atomic E-state index is 0. The van der Waals surface area contributed by atoms with Crippen LogP contribution in [0.2, 0.25) is 0 Å². The molecule has 3 rings (SSSR count). The molecule has 0 unspecified atom stereocenters. The van der Waals surface area contributed by atoms with Gasteiger partial charge in [-0.25, -0.2) is 0 Å². The van der Waals surface area contributed by atoms with Gasteiger partial charge in [0.05, 0.1) is 12.2 Å². The van der Waals surface area contributed by atoms with Crippen LogP contribution in [0.4, 0.5) is 0 Å². The van der Waals surface area contributed by atoms with Gasteiger partial charge in [-0.2, -0.15) is 5.10 Å². The molecule has 26 heavy (non-hydrogen) atoms. The Labute approximate surface area is 175 Å². The highest BCUT2D eigenvalue weighted by molar-refractivity contribution is 14.0. The van der Waals surface area contributed by atoms with Gasteiger partial charge in [-0.3, -0.25) is 15.0 Å². The molecule has 0 bridgehead atoms. The molecule has 2 N–H and O–H groups in total. The van der Waals surface area contributed by atoms with Crippen LogP contribution >= 0.6 is 24.0 Å². The molecule has 0 atom stereocenters. The summed E-state index contributed by atoms with van der Waals surface area (Å²) in [5, 5.41) is 10.4. The van der Waals surface area contributed by atoms with Crippen LogP contribution in [0.25, 0.3) is 0 Å². The lowest BCUT2D eigenvalue weighted by molar-refractivity contribution is 0.0864. The first-order chi connectivity index (χ1) is 12.2. The Morgan fingerprint density at radius 1 is 1.23 bits per heavy atom. The van der Waals surface area contributed by atoms with Gasteiger partial charge in [0.2, 0.25) is 0 Å². The van der Waals surface area contributed by atoms with E-state index in [1.54, 1.807) is 6.20 Å². The first-order valence-corrected chi connectivity index (χ1v) is 9.85. The van der Waals surface area contributed by atoms with Crippen molar-refractivity contribution in [1.29, 1.82) is 0 Å². The fourth-order valence-electron chi connectivity index (χ4n) is 4.32. The number of nitrogens with zero attached hydrogens (tertiary/aromatic N) is 4. The molecule has 0 amide bonds. The fourth-order valence-corrected chi connectivity index (χ4v) is 4.32. The first-order valence-electron chi connectivity index (χ1n) is 9.85. The van der Waals surface area contributed by atoms with Crippen molar-refractivity contribution < 1.29 is 0 Å². The maximum absolute atomic E-state index is 4.46. The highest BCUT2D eigenvalue weighted by Crippen LogP contribution is 2.32. The van der Waals surface area contributed by atoms with Crippen molar-refractivity contribution in [1.82, 2.24) is 25.3 Å². The predicted octanol–water partition coefficient (Wildman–Crippen LogP) is 2.94. The quantitative estimate of drug-likeness (QED) is 0.400. The van der Waals surface area contributed by atoms with E-state index in [9.17, 15) is 0 Å². The SMILES string of the molecule is CN=C(NCc1ccn[nH]1)N1CCN(C2CCC(C(C)C)CC2)CC1.I. The zero-order valence-corrected chi connectivity index (χ0v) is 18.8. The standard InChI is InChI=1S/C19H34N6.HI/c1-15(2)16-4-6-18(7-5-16)24-10-12-25(13-11-24)19(20-3)21-14-17-8-9-22-23-17;/h8-9,15-16,18H,4-7,10-14H2,1-3H3,(H,20,21)(H,22,23);1H. The highest BCUT2D eigenvalue weighted by atomic mass is 127. The van der Waals surface area contributed by atoms with E-state index in [1.165, 1.54) is 25.7 Å². The summed E-state index contributed by atoms with van der Waals surface area (Å²) in [5.74, 6) is 2.79. The summed E-state index contributed by atoms with van der Waals surface area (Å²) in [7, 11) is 1.87. The number of aromatic amines is 1. The van der Waals surface area contributed by atoms with Crippen LogP contribution in [0.3, 0.4) is 0 Å². The summed E-state index contributed by atoms with van der Waals surface area (Å²) in [4.78, 5) is 9.56. The van der Waals surface area contributed by atoms with Crippen LogP contribution in [0.5, 0.6) is 0 Å². The third kappa shape index (κ3) is 5.58. The summed E-state index contributed by atoms with van der Waals surface area (Å²) in [6.45, 7) is 9.94. The normalized spacial score (nSPS) is 25.2. The summed E-state index contributed by atoms with van der Waals surface area (Å²) >= 11 is 0. The molecule has 1 saturated heterocycles. The van der Waals surface area contributed by atoms with Gasteiger partial charge in [0.25, 0.3) is 0 Å². The number of aliphatic imine (C=N–C) groups is 1. The predicted molar refractivity (Wildman–Crippen MR) is 118 cm³/mol. The van der Waals surface area contributed by atoms with Crippen LogP contribution in [-0.2, 0) is 6.54 Å². The van der Waals surface area contributed by atoms with Gasteiger partial charge in [-0.05, 0) is 43.6 Å². The fraction of sp³-hybridized carbons (Fsp3) is 0.789. The number of piperazine rings is 1. The molecular weight excluding hydrogens is 439 g/mol. The number of hydrogen-bond donors (Lipinski definition) is 2. The zero-order valence-electron chi connectivity index (χ0n) is 16.4. The van der Waals surface area contributed by atoms with Gasteiger partial charge in [0.15, 0.2) is 5.96 Å². The molecule has 6 nitrogen and oxygen atoms in total.